The Morgan fingerprint density at radius 2 is 0.980 bits per heavy atom. The first-order valence-electron chi connectivity index (χ1n) is 16.4. The van der Waals surface area contributed by atoms with Gasteiger partial charge in [-0.3, -0.25) is 38.6 Å². The second-order valence-corrected chi connectivity index (χ2v) is 12.1. The maximum Gasteiger partial charge on any atom is 0.314 e. The number of amides is 4. The Hall–Kier alpha value is -5.42. The maximum absolute atomic E-state index is 12.5. The standard InChI is InChI=1S/C20H19NO4.C11H14O2.C9H6BrNO2/c1-3-13-8-10-14(11-9-13)17(20(24)25-2)12-21-18(22)15-6-4-5-7-16(15)19(21)23;1-3-9-4-6-10(7-5-9)8-11(12)13-2;10-5-11-8(12)6-3-1-2-4-7(6)9(11)13/h4-11,17H,3,12H2,1-2H3;4-7H,3,8H2,1-2H3;1-4H,5H2. The fourth-order valence-corrected chi connectivity index (χ4v) is 5.97. The minimum Gasteiger partial charge on any atom is -0.469 e. The fourth-order valence-electron chi connectivity index (χ4n) is 5.51. The largest absolute Gasteiger partial charge is 0.469 e. The van der Waals surface area contributed by atoms with E-state index in [1.54, 1.807) is 48.5 Å². The minimum atomic E-state index is -0.710. The second-order valence-electron chi connectivity index (χ2n) is 11.6. The van der Waals surface area contributed by atoms with Crippen LogP contribution in [0.4, 0.5) is 0 Å². The summed E-state index contributed by atoms with van der Waals surface area (Å²) in [5, 5.41) is 0. The van der Waals surface area contributed by atoms with Gasteiger partial charge < -0.3 is 9.47 Å². The highest BCUT2D eigenvalue weighted by Gasteiger charge is 2.38. The van der Waals surface area contributed by atoms with Crippen LogP contribution in [0.25, 0.3) is 0 Å². The molecule has 2 aliphatic rings. The molecule has 0 spiro atoms. The molecule has 264 valence electrons. The summed E-state index contributed by atoms with van der Waals surface area (Å²) >= 11 is 3.10. The summed E-state index contributed by atoms with van der Waals surface area (Å²) in [7, 11) is 2.71. The molecule has 10 nitrogen and oxygen atoms in total. The van der Waals surface area contributed by atoms with Crippen LogP contribution in [-0.4, -0.2) is 71.6 Å². The van der Waals surface area contributed by atoms with Gasteiger partial charge in [-0.15, -0.1) is 0 Å². The smallest absolute Gasteiger partial charge is 0.314 e. The molecule has 0 bridgehead atoms. The lowest BCUT2D eigenvalue weighted by Crippen LogP contribution is -2.36. The number of rotatable bonds is 9. The van der Waals surface area contributed by atoms with Crippen molar-refractivity contribution in [1.82, 2.24) is 9.80 Å². The van der Waals surface area contributed by atoms with Crippen molar-refractivity contribution in [2.24, 2.45) is 0 Å². The highest BCUT2D eigenvalue weighted by molar-refractivity contribution is 9.09. The van der Waals surface area contributed by atoms with Crippen molar-refractivity contribution in [2.45, 2.75) is 39.0 Å². The molecule has 0 radical (unpaired) electrons. The first-order chi connectivity index (χ1) is 24.6. The van der Waals surface area contributed by atoms with Crippen LogP contribution in [-0.2, 0) is 38.3 Å². The molecule has 0 N–H and O–H groups in total. The molecule has 51 heavy (non-hydrogen) atoms. The van der Waals surface area contributed by atoms with Gasteiger partial charge in [0, 0.05) is 6.54 Å². The summed E-state index contributed by atoms with van der Waals surface area (Å²) in [6.45, 7) is 4.12. The zero-order valence-electron chi connectivity index (χ0n) is 28.9. The van der Waals surface area contributed by atoms with Crippen LogP contribution < -0.4 is 0 Å². The number of nitrogens with zero attached hydrogens (tertiary/aromatic N) is 2. The Labute approximate surface area is 305 Å². The quantitative estimate of drug-likeness (QED) is 0.0832. The number of hydrogen-bond donors (Lipinski definition) is 0. The van der Waals surface area contributed by atoms with Gasteiger partial charge in [0.05, 0.1) is 54.3 Å². The van der Waals surface area contributed by atoms with Gasteiger partial charge >= 0.3 is 11.9 Å². The number of benzene rings is 4. The summed E-state index contributed by atoms with van der Waals surface area (Å²) < 4.78 is 9.46. The molecule has 4 amide bonds. The summed E-state index contributed by atoms with van der Waals surface area (Å²) in [4.78, 5) is 73.6. The molecule has 0 aliphatic carbocycles. The van der Waals surface area contributed by atoms with E-state index in [2.05, 4.69) is 27.6 Å². The van der Waals surface area contributed by atoms with E-state index < -0.39 is 11.9 Å². The Balaban J connectivity index is 0.000000189. The highest BCUT2D eigenvalue weighted by Crippen LogP contribution is 2.27. The molecule has 2 aliphatic heterocycles. The van der Waals surface area contributed by atoms with E-state index in [-0.39, 0.29) is 41.6 Å². The Kier molecular flexibility index (Phi) is 13.5. The average Bonchev–Trinajstić information content (AvgIpc) is 3.57. The van der Waals surface area contributed by atoms with E-state index in [9.17, 15) is 28.8 Å². The van der Waals surface area contributed by atoms with E-state index in [4.69, 9.17) is 4.74 Å². The van der Waals surface area contributed by atoms with Gasteiger partial charge in [-0.2, -0.15) is 0 Å². The average molecular weight is 756 g/mol. The molecule has 0 saturated heterocycles. The normalized spacial score (nSPS) is 13.4. The van der Waals surface area contributed by atoms with Gasteiger partial charge in [0.2, 0.25) is 0 Å². The molecular weight excluding hydrogens is 716 g/mol. The first-order valence-corrected chi connectivity index (χ1v) is 17.5. The zero-order valence-corrected chi connectivity index (χ0v) is 30.5. The van der Waals surface area contributed by atoms with Gasteiger partial charge in [-0.25, -0.2) is 0 Å². The van der Waals surface area contributed by atoms with Crippen molar-refractivity contribution in [3.8, 4) is 0 Å². The van der Waals surface area contributed by atoms with Gasteiger partial charge in [-0.1, -0.05) is 103 Å². The van der Waals surface area contributed by atoms with E-state index in [1.807, 2.05) is 55.5 Å². The summed E-state index contributed by atoms with van der Waals surface area (Å²) in [5.41, 5.74) is 6.14. The zero-order chi connectivity index (χ0) is 37.1. The van der Waals surface area contributed by atoms with E-state index >= 15 is 0 Å². The van der Waals surface area contributed by atoms with Crippen LogP contribution >= 0.6 is 15.9 Å². The molecule has 2 heterocycles. The van der Waals surface area contributed by atoms with Crippen LogP contribution in [0, 0.1) is 0 Å². The molecule has 6 rings (SSSR count). The second kappa shape index (κ2) is 18.0. The summed E-state index contributed by atoms with van der Waals surface area (Å²) in [5.74, 6) is -2.57. The number of esters is 2. The van der Waals surface area contributed by atoms with E-state index in [0.717, 1.165) is 34.4 Å². The minimum absolute atomic E-state index is 0.0372. The maximum atomic E-state index is 12.5. The number of carbonyl (C=O) groups is 6. The first kappa shape index (κ1) is 38.4. The van der Waals surface area contributed by atoms with Gasteiger partial charge in [0.15, 0.2) is 0 Å². The third-order valence-electron chi connectivity index (χ3n) is 8.52. The molecule has 0 aromatic heterocycles. The van der Waals surface area contributed by atoms with Gasteiger partial charge in [0.25, 0.3) is 23.6 Å². The Morgan fingerprint density at radius 3 is 1.35 bits per heavy atom. The van der Waals surface area contributed by atoms with Crippen LogP contribution in [0.1, 0.15) is 83.5 Å². The van der Waals surface area contributed by atoms with Crippen molar-refractivity contribution < 1.29 is 38.2 Å². The van der Waals surface area contributed by atoms with Crippen LogP contribution in [0.15, 0.2) is 97.1 Å². The number of methoxy groups -OCH3 is 2. The fraction of sp³-hybridized carbons (Fsp3) is 0.250. The number of fused-ring (bicyclic) bond motifs is 2. The van der Waals surface area contributed by atoms with Crippen molar-refractivity contribution >= 4 is 51.5 Å². The monoisotopic (exact) mass is 754 g/mol. The number of halogens is 1. The molecule has 0 saturated carbocycles. The van der Waals surface area contributed by atoms with Gasteiger partial charge in [-0.05, 0) is 59.4 Å². The molecule has 1 unspecified atom stereocenters. The highest BCUT2D eigenvalue weighted by atomic mass is 79.9. The lowest BCUT2D eigenvalue weighted by atomic mass is 9.97. The molecule has 11 heteroatoms. The van der Waals surface area contributed by atoms with Crippen molar-refractivity contribution in [3.05, 3.63) is 142 Å². The Morgan fingerprint density at radius 1 is 0.588 bits per heavy atom. The third kappa shape index (κ3) is 9.04. The number of carbonyl (C=O) groups excluding carboxylic acids is 6. The van der Waals surface area contributed by atoms with Crippen LogP contribution in [0.3, 0.4) is 0 Å². The number of imide groups is 2. The van der Waals surface area contributed by atoms with Crippen molar-refractivity contribution in [3.63, 3.8) is 0 Å². The summed E-state index contributed by atoms with van der Waals surface area (Å²) in [6.07, 6.45) is 2.28. The predicted octanol–water partition coefficient (Wildman–Crippen LogP) is 6.40. The Bertz CT molecular complexity index is 1840. The molecular formula is C40H39BrN2O8. The number of ether oxygens (including phenoxy) is 2. The predicted molar refractivity (Wildman–Crippen MR) is 195 cm³/mol. The van der Waals surface area contributed by atoms with Crippen molar-refractivity contribution in [1.29, 1.82) is 0 Å². The molecule has 4 aromatic carbocycles. The lowest BCUT2D eigenvalue weighted by molar-refractivity contribution is -0.142. The summed E-state index contributed by atoms with van der Waals surface area (Å²) in [6, 6.07) is 29.1. The lowest BCUT2D eigenvalue weighted by Gasteiger charge is -2.21. The SMILES string of the molecule is CCc1ccc(C(CN2C(=O)c3ccccc3C2=O)C(=O)OC)cc1.CCc1ccc(CC(=O)OC)cc1.O=C1c2ccccc2C(=O)N1CBr. The molecule has 0 fully saturated rings. The molecule has 4 aromatic rings. The topological polar surface area (TPSA) is 127 Å². The van der Waals surface area contributed by atoms with E-state index in [1.165, 1.54) is 24.7 Å². The van der Waals surface area contributed by atoms with Crippen LogP contribution in [0.2, 0.25) is 0 Å². The third-order valence-corrected chi connectivity index (χ3v) is 9.03. The van der Waals surface area contributed by atoms with E-state index in [0.29, 0.717) is 28.7 Å². The van der Waals surface area contributed by atoms with Gasteiger partial charge in [0.1, 0.15) is 0 Å². The number of aryl methyl sites for hydroxylation is 2. The number of hydrogen-bond acceptors (Lipinski definition) is 8. The number of alkyl halides is 1. The van der Waals surface area contributed by atoms with Crippen molar-refractivity contribution in [2.75, 3.05) is 26.2 Å². The van der Waals surface area contributed by atoms with Crippen LogP contribution in [0.5, 0.6) is 0 Å². The molecule has 1 atom stereocenters.